The Labute approximate surface area is 118 Å². The van der Waals surface area contributed by atoms with Gasteiger partial charge in [-0.25, -0.2) is 0 Å². The Bertz CT molecular complexity index is 588. The number of amides is 1. The van der Waals surface area contributed by atoms with E-state index in [1.165, 1.54) is 5.56 Å². The van der Waals surface area contributed by atoms with E-state index in [-0.39, 0.29) is 0 Å². The second-order valence-electron chi connectivity index (χ2n) is 4.60. The number of anilines is 1. The molecule has 0 radical (unpaired) electrons. The van der Waals surface area contributed by atoms with Crippen LogP contribution in [0.1, 0.15) is 29.3 Å². The average molecular weight is 267 g/mol. The predicted octanol–water partition coefficient (Wildman–Crippen LogP) is 3.46. The van der Waals surface area contributed by atoms with Gasteiger partial charge in [-0.1, -0.05) is 55.8 Å². The van der Waals surface area contributed by atoms with E-state index >= 15 is 0 Å². The molecule has 0 aliphatic heterocycles. The van der Waals surface area contributed by atoms with E-state index in [1.54, 1.807) is 36.4 Å². The molecule has 2 rings (SSSR count). The lowest BCUT2D eigenvalue weighted by Crippen LogP contribution is -2.22. The molecule has 0 spiro atoms. The van der Waals surface area contributed by atoms with E-state index in [4.69, 9.17) is 0 Å². The zero-order chi connectivity index (χ0) is 14.4. The molecule has 20 heavy (non-hydrogen) atoms. The van der Waals surface area contributed by atoms with Crippen LogP contribution in [0.25, 0.3) is 0 Å². The maximum atomic E-state index is 12.0. The number of nitrogens with one attached hydrogen (secondary N) is 1. The SMILES string of the molecule is CCCc1ccc(C(=O)C(=O)Nc2ccccc2)cc1. The molecule has 0 unspecified atom stereocenters. The highest BCUT2D eigenvalue weighted by molar-refractivity contribution is 6.46. The lowest BCUT2D eigenvalue weighted by atomic mass is 10.0. The molecule has 0 aliphatic rings. The molecule has 0 fully saturated rings. The first-order valence-electron chi connectivity index (χ1n) is 6.70. The summed E-state index contributed by atoms with van der Waals surface area (Å²) in [5.74, 6) is -1.13. The summed E-state index contributed by atoms with van der Waals surface area (Å²) in [6.07, 6.45) is 2.03. The third-order valence-corrected chi connectivity index (χ3v) is 2.99. The first kappa shape index (κ1) is 14.0. The largest absolute Gasteiger partial charge is 0.319 e. The van der Waals surface area contributed by atoms with E-state index in [9.17, 15) is 9.59 Å². The van der Waals surface area contributed by atoms with Crippen LogP contribution in [-0.4, -0.2) is 11.7 Å². The maximum absolute atomic E-state index is 12.0. The van der Waals surface area contributed by atoms with Gasteiger partial charge in [0.05, 0.1) is 0 Å². The molecular formula is C17H17NO2. The van der Waals surface area contributed by atoms with Crippen molar-refractivity contribution in [3.8, 4) is 0 Å². The van der Waals surface area contributed by atoms with Crippen LogP contribution in [0.3, 0.4) is 0 Å². The number of carbonyl (C=O) groups is 2. The molecule has 3 heteroatoms. The minimum atomic E-state index is -0.612. The monoisotopic (exact) mass is 267 g/mol. The Balaban J connectivity index is 2.05. The van der Waals surface area contributed by atoms with Crippen molar-refractivity contribution < 1.29 is 9.59 Å². The van der Waals surface area contributed by atoms with Crippen LogP contribution in [0.5, 0.6) is 0 Å². The van der Waals surface area contributed by atoms with Gasteiger partial charge < -0.3 is 5.32 Å². The molecule has 2 aromatic carbocycles. The van der Waals surface area contributed by atoms with Gasteiger partial charge in [-0.15, -0.1) is 0 Å². The standard InChI is InChI=1S/C17H17NO2/c1-2-6-13-9-11-14(12-10-13)16(19)17(20)18-15-7-4-3-5-8-15/h3-5,7-12H,2,6H2,1H3,(H,18,20). The predicted molar refractivity (Wildman–Crippen MR) is 79.8 cm³/mol. The van der Waals surface area contributed by atoms with Crippen LogP contribution in [-0.2, 0) is 11.2 Å². The number of benzene rings is 2. The number of Topliss-reactive ketones (excluding diaryl/α,β-unsaturated/α-hetero) is 1. The molecule has 102 valence electrons. The first-order chi connectivity index (χ1) is 9.70. The summed E-state index contributed by atoms with van der Waals surface area (Å²) in [5, 5.41) is 2.59. The van der Waals surface area contributed by atoms with Gasteiger partial charge >= 0.3 is 0 Å². The fraction of sp³-hybridized carbons (Fsp3) is 0.176. The van der Waals surface area contributed by atoms with Crippen molar-refractivity contribution in [1.82, 2.24) is 0 Å². The second kappa shape index (κ2) is 6.66. The summed E-state index contributed by atoms with van der Waals surface area (Å²) >= 11 is 0. The quantitative estimate of drug-likeness (QED) is 0.666. The van der Waals surface area contributed by atoms with Crippen LogP contribution in [0.15, 0.2) is 54.6 Å². The fourth-order valence-electron chi connectivity index (χ4n) is 1.95. The third-order valence-electron chi connectivity index (χ3n) is 2.99. The molecule has 0 bridgehead atoms. The Morgan fingerprint density at radius 2 is 1.60 bits per heavy atom. The normalized spacial score (nSPS) is 10.1. The van der Waals surface area contributed by atoms with Gasteiger partial charge in [-0.05, 0) is 24.1 Å². The molecule has 1 amide bonds. The van der Waals surface area contributed by atoms with Gasteiger partial charge in [-0.3, -0.25) is 9.59 Å². The smallest absolute Gasteiger partial charge is 0.296 e. The van der Waals surface area contributed by atoms with E-state index in [2.05, 4.69) is 12.2 Å². The number of ketones is 1. The number of hydrogen-bond donors (Lipinski definition) is 1. The van der Waals surface area contributed by atoms with Gasteiger partial charge in [0.15, 0.2) is 0 Å². The highest BCUT2D eigenvalue weighted by Crippen LogP contribution is 2.10. The van der Waals surface area contributed by atoms with Crippen LogP contribution in [0.4, 0.5) is 5.69 Å². The van der Waals surface area contributed by atoms with Crippen molar-refractivity contribution in [3.63, 3.8) is 0 Å². The van der Waals surface area contributed by atoms with Gasteiger partial charge in [0.25, 0.3) is 11.7 Å². The van der Waals surface area contributed by atoms with Crippen molar-refractivity contribution in [1.29, 1.82) is 0 Å². The minimum Gasteiger partial charge on any atom is -0.319 e. The van der Waals surface area contributed by atoms with Gasteiger partial charge in [0.1, 0.15) is 0 Å². The lowest BCUT2D eigenvalue weighted by molar-refractivity contribution is -0.112. The van der Waals surface area contributed by atoms with Crippen molar-refractivity contribution in [2.75, 3.05) is 5.32 Å². The van der Waals surface area contributed by atoms with Crippen LogP contribution in [0.2, 0.25) is 0 Å². The number of aryl methyl sites for hydroxylation is 1. The molecular weight excluding hydrogens is 250 g/mol. The van der Waals surface area contributed by atoms with Crippen molar-refractivity contribution in [2.45, 2.75) is 19.8 Å². The van der Waals surface area contributed by atoms with Crippen molar-refractivity contribution in [2.24, 2.45) is 0 Å². The van der Waals surface area contributed by atoms with Crippen molar-refractivity contribution in [3.05, 3.63) is 65.7 Å². The lowest BCUT2D eigenvalue weighted by Gasteiger charge is -2.05. The molecule has 0 heterocycles. The molecule has 1 N–H and O–H groups in total. The Morgan fingerprint density at radius 1 is 0.950 bits per heavy atom. The highest BCUT2D eigenvalue weighted by Gasteiger charge is 2.15. The highest BCUT2D eigenvalue weighted by atomic mass is 16.2. The van der Waals surface area contributed by atoms with Crippen LogP contribution in [0, 0.1) is 0 Å². The number of carbonyl (C=O) groups excluding carboxylic acids is 2. The van der Waals surface area contributed by atoms with E-state index < -0.39 is 11.7 Å². The molecule has 2 aromatic rings. The van der Waals surface area contributed by atoms with Crippen molar-refractivity contribution >= 4 is 17.4 Å². The summed E-state index contributed by atoms with van der Waals surface area (Å²) in [6.45, 7) is 2.10. The number of hydrogen-bond acceptors (Lipinski definition) is 2. The molecule has 0 saturated heterocycles. The summed E-state index contributed by atoms with van der Waals surface area (Å²) in [4.78, 5) is 23.9. The maximum Gasteiger partial charge on any atom is 0.296 e. The molecule has 0 saturated carbocycles. The van der Waals surface area contributed by atoms with Gasteiger partial charge in [0, 0.05) is 11.3 Å². The van der Waals surface area contributed by atoms with Gasteiger partial charge in [0.2, 0.25) is 0 Å². The Hall–Kier alpha value is -2.42. The Kier molecular flexibility index (Phi) is 4.66. The van der Waals surface area contributed by atoms with Gasteiger partial charge in [-0.2, -0.15) is 0 Å². The Morgan fingerprint density at radius 3 is 2.20 bits per heavy atom. The number of rotatable bonds is 5. The fourth-order valence-corrected chi connectivity index (χ4v) is 1.95. The average Bonchev–Trinajstić information content (AvgIpc) is 2.48. The molecule has 0 atom stereocenters. The van der Waals surface area contributed by atoms with Crippen LogP contribution < -0.4 is 5.32 Å². The molecule has 0 aliphatic carbocycles. The van der Waals surface area contributed by atoms with E-state index in [0.29, 0.717) is 11.3 Å². The van der Waals surface area contributed by atoms with Crippen LogP contribution >= 0.6 is 0 Å². The topological polar surface area (TPSA) is 46.2 Å². The minimum absolute atomic E-state index is 0.415. The zero-order valence-corrected chi connectivity index (χ0v) is 11.4. The summed E-state index contributed by atoms with van der Waals surface area (Å²) < 4.78 is 0. The second-order valence-corrected chi connectivity index (χ2v) is 4.60. The zero-order valence-electron chi connectivity index (χ0n) is 11.4. The van der Waals surface area contributed by atoms with E-state index in [0.717, 1.165) is 12.8 Å². The summed E-state index contributed by atoms with van der Waals surface area (Å²) in [7, 11) is 0. The molecule has 0 aromatic heterocycles. The number of para-hydroxylation sites is 1. The molecule has 3 nitrogen and oxygen atoms in total. The summed E-state index contributed by atoms with van der Waals surface area (Å²) in [5.41, 5.74) is 2.21. The first-order valence-corrected chi connectivity index (χ1v) is 6.70. The van der Waals surface area contributed by atoms with E-state index in [1.807, 2.05) is 18.2 Å². The summed E-state index contributed by atoms with van der Waals surface area (Å²) in [6, 6.07) is 16.2. The third kappa shape index (κ3) is 3.54.